The van der Waals surface area contributed by atoms with E-state index in [4.69, 9.17) is 4.74 Å². The summed E-state index contributed by atoms with van der Waals surface area (Å²) in [5, 5.41) is 3.02. The summed E-state index contributed by atoms with van der Waals surface area (Å²) in [5.74, 6) is 0.106. The van der Waals surface area contributed by atoms with Gasteiger partial charge in [-0.2, -0.15) is 0 Å². The Hall–Kier alpha value is -3.60. The molecule has 0 atom stereocenters. The third kappa shape index (κ3) is 4.06. The molecule has 0 unspecified atom stereocenters. The van der Waals surface area contributed by atoms with Crippen LogP contribution in [-0.2, 0) is 9.59 Å². The number of benzene rings is 3. The minimum absolute atomic E-state index is 0.0957. The highest BCUT2D eigenvalue weighted by Crippen LogP contribution is 2.34. The summed E-state index contributed by atoms with van der Waals surface area (Å²) < 4.78 is 5.51. The molecule has 3 aromatic rings. The SMILES string of the molecule is COc1cc(NC(=O)C(c2ccccc2)c2ccccc2)ccc1N1CCCC1=O. The van der Waals surface area contributed by atoms with Crippen molar-refractivity contribution in [2.75, 3.05) is 23.9 Å². The van der Waals surface area contributed by atoms with Crippen molar-refractivity contribution in [1.29, 1.82) is 0 Å². The Bertz CT molecular complexity index is 995. The molecule has 1 N–H and O–H groups in total. The number of nitrogens with one attached hydrogen (secondary N) is 1. The van der Waals surface area contributed by atoms with Crippen molar-refractivity contribution in [3.05, 3.63) is 90.0 Å². The van der Waals surface area contributed by atoms with Crippen LogP contribution in [0.4, 0.5) is 11.4 Å². The number of anilines is 2. The number of hydrogen-bond donors (Lipinski definition) is 1. The molecule has 1 fully saturated rings. The molecule has 0 radical (unpaired) electrons. The van der Waals surface area contributed by atoms with Crippen molar-refractivity contribution in [3.8, 4) is 5.75 Å². The van der Waals surface area contributed by atoms with Crippen LogP contribution in [0.15, 0.2) is 78.9 Å². The van der Waals surface area contributed by atoms with E-state index in [2.05, 4.69) is 5.32 Å². The standard InChI is InChI=1S/C25H24N2O3/c1-30-22-17-20(14-15-21(22)27-16-8-13-23(27)28)26-25(29)24(18-9-4-2-5-10-18)19-11-6-3-7-12-19/h2-7,9-12,14-15,17,24H,8,13,16H2,1H3,(H,26,29). The number of hydrogen-bond acceptors (Lipinski definition) is 3. The van der Waals surface area contributed by atoms with Crippen molar-refractivity contribution in [1.82, 2.24) is 0 Å². The van der Waals surface area contributed by atoms with Crippen LogP contribution in [0, 0.1) is 0 Å². The Morgan fingerprint density at radius 3 is 2.13 bits per heavy atom. The van der Waals surface area contributed by atoms with Crippen LogP contribution in [0.3, 0.4) is 0 Å². The second-order valence-electron chi connectivity index (χ2n) is 7.28. The minimum Gasteiger partial charge on any atom is -0.494 e. The Morgan fingerprint density at radius 2 is 1.60 bits per heavy atom. The Balaban J connectivity index is 1.62. The zero-order valence-electron chi connectivity index (χ0n) is 16.9. The summed E-state index contributed by atoms with van der Waals surface area (Å²) >= 11 is 0. The molecule has 0 spiro atoms. The van der Waals surface area contributed by atoms with Gasteiger partial charge in [0.15, 0.2) is 0 Å². The van der Waals surface area contributed by atoms with Crippen molar-refractivity contribution in [3.63, 3.8) is 0 Å². The lowest BCUT2D eigenvalue weighted by atomic mass is 9.90. The average molecular weight is 400 g/mol. The molecule has 2 amide bonds. The second-order valence-corrected chi connectivity index (χ2v) is 7.28. The molecule has 0 aliphatic carbocycles. The van der Waals surface area contributed by atoms with Gasteiger partial charge in [-0.05, 0) is 29.7 Å². The number of carbonyl (C=O) groups excluding carboxylic acids is 2. The lowest BCUT2D eigenvalue weighted by Gasteiger charge is -2.21. The number of nitrogens with zero attached hydrogens (tertiary/aromatic N) is 1. The molecule has 30 heavy (non-hydrogen) atoms. The lowest BCUT2D eigenvalue weighted by Crippen LogP contribution is -2.25. The Labute approximate surface area is 176 Å². The first kappa shape index (κ1) is 19.7. The maximum atomic E-state index is 13.3. The van der Waals surface area contributed by atoms with Crippen molar-refractivity contribution >= 4 is 23.2 Å². The van der Waals surface area contributed by atoms with Gasteiger partial charge < -0.3 is 15.0 Å². The van der Waals surface area contributed by atoms with E-state index in [9.17, 15) is 9.59 Å². The predicted molar refractivity (Wildman–Crippen MR) is 118 cm³/mol. The van der Waals surface area contributed by atoms with Crippen LogP contribution < -0.4 is 15.0 Å². The fourth-order valence-electron chi connectivity index (χ4n) is 3.88. The molecular weight excluding hydrogens is 376 g/mol. The molecule has 5 heteroatoms. The van der Waals surface area contributed by atoms with E-state index in [-0.39, 0.29) is 11.8 Å². The highest BCUT2D eigenvalue weighted by atomic mass is 16.5. The van der Waals surface area contributed by atoms with Crippen molar-refractivity contribution < 1.29 is 14.3 Å². The summed E-state index contributed by atoms with van der Waals surface area (Å²) in [6, 6.07) is 24.9. The Kier molecular flexibility index (Phi) is 5.80. The summed E-state index contributed by atoms with van der Waals surface area (Å²) in [5.41, 5.74) is 3.21. The van der Waals surface area contributed by atoms with Gasteiger partial charge in [0.25, 0.3) is 0 Å². The molecule has 152 valence electrons. The number of ether oxygens (including phenoxy) is 1. The zero-order chi connectivity index (χ0) is 20.9. The average Bonchev–Trinajstić information content (AvgIpc) is 3.21. The molecule has 1 heterocycles. The summed E-state index contributed by atoms with van der Waals surface area (Å²) in [7, 11) is 1.57. The third-order valence-corrected chi connectivity index (χ3v) is 5.34. The zero-order valence-corrected chi connectivity index (χ0v) is 16.9. The lowest BCUT2D eigenvalue weighted by molar-refractivity contribution is -0.117. The monoisotopic (exact) mass is 400 g/mol. The van der Waals surface area contributed by atoms with Gasteiger partial charge in [0, 0.05) is 24.7 Å². The first-order valence-electron chi connectivity index (χ1n) is 10.1. The highest BCUT2D eigenvalue weighted by molar-refractivity contribution is 6.00. The van der Waals surface area contributed by atoms with Gasteiger partial charge in [0.2, 0.25) is 11.8 Å². The molecule has 0 saturated carbocycles. The van der Waals surface area contributed by atoms with E-state index in [1.54, 1.807) is 18.1 Å². The molecule has 0 aromatic heterocycles. The Morgan fingerprint density at radius 1 is 0.967 bits per heavy atom. The van der Waals surface area contributed by atoms with Crippen LogP contribution in [0.2, 0.25) is 0 Å². The minimum atomic E-state index is -0.432. The van der Waals surface area contributed by atoms with Gasteiger partial charge in [-0.25, -0.2) is 0 Å². The number of carbonyl (C=O) groups is 2. The fraction of sp³-hybridized carbons (Fsp3) is 0.200. The molecule has 1 aliphatic rings. The molecule has 1 aliphatic heterocycles. The van der Waals surface area contributed by atoms with E-state index in [1.165, 1.54) is 0 Å². The van der Waals surface area contributed by atoms with Crippen molar-refractivity contribution in [2.45, 2.75) is 18.8 Å². The van der Waals surface area contributed by atoms with Gasteiger partial charge >= 0.3 is 0 Å². The van der Waals surface area contributed by atoms with Crippen LogP contribution in [0.1, 0.15) is 29.9 Å². The summed E-state index contributed by atoms with van der Waals surface area (Å²) in [6.07, 6.45) is 1.40. The number of amides is 2. The van der Waals surface area contributed by atoms with Crippen LogP contribution in [-0.4, -0.2) is 25.5 Å². The van der Waals surface area contributed by atoms with Gasteiger partial charge in [-0.15, -0.1) is 0 Å². The highest BCUT2D eigenvalue weighted by Gasteiger charge is 2.26. The van der Waals surface area contributed by atoms with Gasteiger partial charge in [0.1, 0.15) is 5.75 Å². The van der Waals surface area contributed by atoms with Crippen LogP contribution >= 0.6 is 0 Å². The molecule has 5 nitrogen and oxygen atoms in total. The number of methoxy groups -OCH3 is 1. The van der Waals surface area contributed by atoms with Gasteiger partial charge in [-0.3, -0.25) is 9.59 Å². The maximum Gasteiger partial charge on any atom is 0.236 e. The molecule has 4 rings (SSSR count). The van der Waals surface area contributed by atoms with E-state index < -0.39 is 5.92 Å². The summed E-state index contributed by atoms with van der Waals surface area (Å²) in [4.78, 5) is 27.1. The molecule has 0 bridgehead atoms. The second kappa shape index (κ2) is 8.82. The van der Waals surface area contributed by atoms with Crippen LogP contribution in [0.5, 0.6) is 5.75 Å². The largest absolute Gasteiger partial charge is 0.494 e. The maximum absolute atomic E-state index is 13.3. The topological polar surface area (TPSA) is 58.6 Å². The smallest absolute Gasteiger partial charge is 0.236 e. The normalized spacial score (nSPS) is 13.5. The van der Waals surface area contributed by atoms with Gasteiger partial charge in [0.05, 0.1) is 18.7 Å². The third-order valence-electron chi connectivity index (χ3n) is 5.34. The van der Waals surface area contributed by atoms with Crippen molar-refractivity contribution in [2.24, 2.45) is 0 Å². The summed E-state index contributed by atoms with van der Waals surface area (Å²) in [6.45, 7) is 0.686. The molecular formula is C25H24N2O3. The fourth-order valence-corrected chi connectivity index (χ4v) is 3.88. The van der Waals surface area contributed by atoms with Crippen LogP contribution in [0.25, 0.3) is 0 Å². The van der Waals surface area contributed by atoms with E-state index >= 15 is 0 Å². The first-order valence-corrected chi connectivity index (χ1v) is 10.1. The van der Waals surface area contributed by atoms with E-state index in [1.807, 2.05) is 72.8 Å². The van der Waals surface area contributed by atoms with E-state index in [0.717, 1.165) is 23.2 Å². The molecule has 3 aromatic carbocycles. The first-order chi connectivity index (χ1) is 14.7. The quantitative estimate of drug-likeness (QED) is 0.658. The number of rotatable bonds is 6. The predicted octanol–water partition coefficient (Wildman–Crippen LogP) is 4.59. The van der Waals surface area contributed by atoms with E-state index in [0.29, 0.717) is 24.4 Å². The van der Waals surface area contributed by atoms with Gasteiger partial charge in [-0.1, -0.05) is 60.7 Å². The molecule has 1 saturated heterocycles.